The monoisotopic (exact) mass is 282 g/mol. The second-order valence-electron chi connectivity index (χ2n) is 3.93. The van der Waals surface area contributed by atoms with Gasteiger partial charge in [-0.1, -0.05) is 0 Å². The molecule has 0 aliphatic rings. The third-order valence-corrected chi connectivity index (χ3v) is 3.92. The SMILES string of the molecule is NCc1cc(CS(=O)c2ccc(F)c(F)c2)ccn1. The van der Waals surface area contributed by atoms with Crippen LogP contribution in [0.5, 0.6) is 0 Å². The van der Waals surface area contributed by atoms with Gasteiger partial charge in [-0.05, 0) is 35.9 Å². The van der Waals surface area contributed by atoms with Crippen LogP contribution < -0.4 is 5.73 Å². The van der Waals surface area contributed by atoms with Crippen molar-refractivity contribution >= 4 is 10.8 Å². The van der Waals surface area contributed by atoms with E-state index in [4.69, 9.17) is 5.73 Å². The quantitative estimate of drug-likeness (QED) is 0.934. The lowest BCUT2D eigenvalue weighted by molar-refractivity contribution is 0.505. The van der Waals surface area contributed by atoms with Crippen molar-refractivity contribution in [3.63, 3.8) is 0 Å². The molecule has 0 bridgehead atoms. The fourth-order valence-electron chi connectivity index (χ4n) is 1.58. The Bertz CT molecular complexity index is 619. The van der Waals surface area contributed by atoms with Crippen molar-refractivity contribution in [1.82, 2.24) is 4.98 Å². The molecule has 2 N–H and O–H groups in total. The molecule has 0 aliphatic carbocycles. The van der Waals surface area contributed by atoms with Crippen molar-refractivity contribution in [1.29, 1.82) is 0 Å². The van der Waals surface area contributed by atoms with E-state index in [1.807, 2.05) is 0 Å². The summed E-state index contributed by atoms with van der Waals surface area (Å²) in [7, 11) is -1.44. The molecular formula is C13H12F2N2OS. The number of hydrogen-bond donors (Lipinski definition) is 1. The van der Waals surface area contributed by atoms with E-state index in [9.17, 15) is 13.0 Å². The van der Waals surface area contributed by atoms with Gasteiger partial charge in [-0.15, -0.1) is 0 Å². The summed E-state index contributed by atoms with van der Waals surface area (Å²) in [5, 5.41) is 0. The summed E-state index contributed by atoms with van der Waals surface area (Å²) in [6.45, 7) is 0.297. The minimum absolute atomic E-state index is 0.209. The Morgan fingerprint density at radius 1 is 1.16 bits per heavy atom. The highest BCUT2D eigenvalue weighted by atomic mass is 32.2. The van der Waals surface area contributed by atoms with Crippen LogP contribution in [-0.4, -0.2) is 9.19 Å². The van der Waals surface area contributed by atoms with Crippen LogP contribution in [0.25, 0.3) is 0 Å². The number of aromatic nitrogens is 1. The molecule has 1 aromatic carbocycles. The van der Waals surface area contributed by atoms with E-state index >= 15 is 0 Å². The Hall–Kier alpha value is -1.66. The maximum Gasteiger partial charge on any atom is 0.160 e. The lowest BCUT2D eigenvalue weighted by Gasteiger charge is -2.04. The Morgan fingerprint density at radius 2 is 1.95 bits per heavy atom. The van der Waals surface area contributed by atoms with Gasteiger partial charge in [0.15, 0.2) is 11.6 Å². The van der Waals surface area contributed by atoms with Crippen LogP contribution in [0.1, 0.15) is 11.3 Å². The first kappa shape index (κ1) is 13.8. The number of pyridine rings is 1. The number of halogens is 2. The van der Waals surface area contributed by atoms with Crippen molar-refractivity contribution in [3.05, 3.63) is 59.4 Å². The van der Waals surface area contributed by atoms with E-state index in [1.165, 1.54) is 6.07 Å². The Morgan fingerprint density at radius 3 is 2.63 bits per heavy atom. The third-order valence-electron chi connectivity index (χ3n) is 2.54. The van der Waals surface area contributed by atoms with Crippen LogP contribution in [0.2, 0.25) is 0 Å². The van der Waals surface area contributed by atoms with E-state index in [1.54, 1.807) is 18.3 Å². The lowest BCUT2D eigenvalue weighted by atomic mass is 10.2. The third kappa shape index (κ3) is 3.42. The summed E-state index contributed by atoms with van der Waals surface area (Å²) in [6, 6.07) is 6.71. The van der Waals surface area contributed by atoms with Gasteiger partial charge in [0, 0.05) is 17.6 Å². The van der Waals surface area contributed by atoms with E-state index in [2.05, 4.69) is 4.98 Å². The summed E-state index contributed by atoms with van der Waals surface area (Å²) in [4.78, 5) is 4.28. The van der Waals surface area contributed by atoms with E-state index < -0.39 is 22.4 Å². The average molecular weight is 282 g/mol. The average Bonchev–Trinajstić information content (AvgIpc) is 2.42. The first-order chi connectivity index (χ1) is 9.10. The Kier molecular flexibility index (Phi) is 4.34. The number of benzene rings is 1. The van der Waals surface area contributed by atoms with Gasteiger partial charge in [-0.2, -0.15) is 0 Å². The molecule has 0 saturated heterocycles. The molecule has 0 saturated carbocycles. The molecule has 0 aliphatic heterocycles. The summed E-state index contributed by atoms with van der Waals surface area (Å²) < 4.78 is 37.9. The van der Waals surface area contributed by atoms with Gasteiger partial charge in [0.2, 0.25) is 0 Å². The van der Waals surface area contributed by atoms with Crippen molar-refractivity contribution < 1.29 is 13.0 Å². The molecule has 1 aromatic heterocycles. The predicted octanol–water partition coefficient (Wildman–Crippen LogP) is 2.13. The van der Waals surface area contributed by atoms with Crippen molar-refractivity contribution in [2.75, 3.05) is 0 Å². The minimum Gasteiger partial charge on any atom is -0.325 e. The maximum atomic E-state index is 13.1. The summed E-state index contributed by atoms with van der Waals surface area (Å²) in [5.74, 6) is -1.74. The first-order valence-corrected chi connectivity index (χ1v) is 6.89. The summed E-state index contributed by atoms with van der Waals surface area (Å²) in [6.07, 6.45) is 1.58. The lowest BCUT2D eigenvalue weighted by Crippen LogP contribution is -2.02. The van der Waals surface area contributed by atoms with Crippen LogP contribution in [0.3, 0.4) is 0 Å². The topological polar surface area (TPSA) is 56.0 Å². The van der Waals surface area contributed by atoms with E-state index in [-0.39, 0.29) is 10.6 Å². The van der Waals surface area contributed by atoms with Crippen LogP contribution in [0.4, 0.5) is 8.78 Å². The number of hydrogen-bond acceptors (Lipinski definition) is 3. The smallest absolute Gasteiger partial charge is 0.160 e. The first-order valence-electron chi connectivity index (χ1n) is 5.57. The summed E-state index contributed by atoms with van der Waals surface area (Å²) in [5.41, 5.74) is 6.95. The standard InChI is InChI=1S/C13H12F2N2OS/c14-12-2-1-11(6-13(12)15)19(18)8-9-3-4-17-10(5-9)7-16/h1-6H,7-8,16H2. The molecule has 0 fully saturated rings. The zero-order chi connectivity index (χ0) is 13.8. The van der Waals surface area contributed by atoms with Crippen molar-refractivity contribution in [2.24, 2.45) is 5.73 Å². The molecule has 2 aromatic rings. The maximum absolute atomic E-state index is 13.1. The molecule has 19 heavy (non-hydrogen) atoms. The molecule has 1 heterocycles. The highest BCUT2D eigenvalue weighted by Gasteiger charge is 2.09. The molecule has 0 amide bonds. The van der Waals surface area contributed by atoms with Crippen LogP contribution in [0.15, 0.2) is 41.4 Å². The molecular weight excluding hydrogens is 270 g/mol. The highest BCUT2D eigenvalue weighted by molar-refractivity contribution is 7.84. The van der Waals surface area contributed by atoms with Crippen LogP contribution >= 0.6 is 0 Å². The van der Waals surface area contributed by atoms with Crippen LogP contribution in [0, 0.1) is 11.6 Å². The largest absolute Gasteiger partial charge is 0.325 e. The molecule has 100 valence electrons. The number of nitrogens with zero attached hydrogens (tertiary/aromatic N) is 1. The van der Waals surface area contributed by atoms with Gasteiger partial charge < -0.3 is 5.73 Å². The molecule has 3 nitrogen and oxygen atoms in total. The molecule has 1 atom stereocenters. The fraction of sp³-hybridized carbons (Fsp3) is 0.154. The zero-order valence-electron chi connectivity index (χ0n) is 9.98. The number of nitrogens with two attached hydrogens (primary N) is 1. The molecule has 2 rings (SSSR count). The fourth-order valence-corrected chi connectivity index (χ4v) is 2.69. The highest BCUT2D eigenvalue weighted by Crippen LogP contribution is 2.16. The second kappa shape index (κ2) is 5.99. The Labute approximate surface area is 111 Å². The van der Waals surface area contributed by atoms with E-state index in [0.717, 1.165) is 17.7 Å². The van der Waals surface area contributed by atoms with Gasteiger partial charge in [0.05, 0.1) is 22.2 Å². The minimum atomic E-state index is -1.44. The zero-order valence-corrected chi connectivity index (χ0v) is 10.8. The van der Waals surface area contributed by atoms with Gasteiger partial charge in [-0.3, -0.25) is 9.19 Å². The predicted molar refractivity (Wildman–Crippen MR) is 68.6 cm³/mol. The van der Waals surface area contributed by atoms with Gasteiger partial charge in [0.25, 0.3) is 0 Å². The van der Waals surface area contributed by atoms with E-state index in [0.29, 0.717) is 12.2 Å². The van der Waals surface area contributed by atoms with Gasteiger partial charge >= 0.3 is 0 Å². The van der Waals surface area contributed by atoms with Crippen LogP contribution in [-0.2, 0) is 23.1 Å². The van der Waals surface area contributed by atoms with Crippen molar-refractivity contribution in [3.8, 4) is 0 Å². The van der Waals surface area contributed by atoms with Crippen molar-refractivity contribution in [2.45, 2.75) is 17.2 Å². The van der Waals surface area contributed by atoms with Gasteiger partial charge in [-0.25, -0.2) is 8.78 Å². The second-order valence-corrected chi connectivity index (χ2v) is 5.38. The van der Waals surface area contributed by atoms with Gasteiger partial charge in [0.1, 0.15) is 0 Å². The molecule has 0 spiro atoms. The molecule has 1 unspecified atom stereocenters. The molecule has 0 radical (unpaired) electrons. The normalized spacial score (nSPS) is 12.4. The Balaban J connectivity index is 2.18. The summed E-state index contributed by atoms with van der Waals surface area (Å²) >= 11 is 0. The number of rotatable bonds is 4. The molecule has 6 heteroatoms.